The maximum absolute atomic E-state index is 12.5. The average Bonchev–Trinajstić information content (AvgIpc) is 2.91. The summed E-state index contributed by atoms with van der Waals surface area (Å²) < 4.78 is 10.2. The lowest BCUT2D eigenvalue weighted by Gasteiger charge is -2.42. The van der Waals surface area contributed by atoms with Crippen LogP contribution in [-0.2, 0) is 33.5 Å². The molecule has 6 rings (SSSR count). The van der Waals surface area contributed by atoms with E-state index in [-0.39, 0.29) is 23.9 Å². The highest BCUT2D eigenvalue weighted by Crippen LogP contribution is 2.48. The van der Waals surface area contributed by atoms with E-state index in [2.05, 4.69) is 23.1 Å². The number of aromatic nitrogens is 2. The molecule has 2 aromatic rings. The molecule has 42 heavy (non-hydrogen) atoms. The third-order valence-corrected chi connectivity index (χ3v) is 8.13. The lowest BCUT2D eigenvalue weighted by Crippen LogP contribution is -2.55. The first-order valence-electron chi connectivity index (χ1n) is 13.3. The molecule has 222 valence electrons. The Hall–Kier alpha value is -4.52. The van der Waals surface area contributed by atoms with Gasteiger partial charge in [0.05, 0.1) is 37.6 Å². The Morgan fingerprint density at radius 2 is 1.29 bits per heavy atom. The van der Waals surface area contributed by atoms with Gasteiger partial charge in [-0.2, -0.15) is 0 Å². The van der Waals surface area contributed by atoms with Crippen molar-refractivity contribution in [3.8, 4) is 11.8 Å². The number of ether oxygens (including phenoxy) is 2. The van der Waals surface area contributed by atoms with E-state index in [0.717, 1.165) is 35.9 Å². The summed E-state index contributed by atoms with van der Waals surface area (Å²) in [6, 6.07) is 6.79. The molecule has 2 heterocycles. The van der Waals surface area contributed by atoms with Crippen LogP contribution >= 0.6 is 0 Å². The van der Waals surface area contributed by atoms with Crippen LogP contribution in [0.15, 0.2) is 48.6 Å². The molecule has 13 nitrogen and oxygen atoms in total. The first-order chi connectivity index (χ1) is 19.8. The first-order valence-corrected chi connectivity index (χ1v) is 13.3. The van der Waals surface area contributed by atoms with E-state index in [1.807, 2.05) is 6.07 Å². The maximum Gasteiger partial charge on any atom is 0.309 e. The van der Waals surface area contributed by atoms with Gasteiger partial charge in [0.1, 0.15) is 5.54 Å². The summed E-state index contributed by atoms with van der Waals surface area (Å²) in [6.07, 6.45) is 2.89. The molecule has 13 heteroatoms. The third-order valence-electron chi connectivity index (χ3n) is 8.13. The first kappa shape index (κ1) is 30.4. The predicted molar refractivity (Wildman–Crippen MR) is 150 cm³/mol. The van der Waals surface area contributed by atoms with Crippen LogP contribution in [0, 0.1) is 32.1 Å². The number of fused-ring (bicyclic) bond motifs is 8. The van der Waals surface area contributed by atoms with Gasteiger partial charge in [0.15, 0.2) is 12.8 Å². The van der Waals surface area contributed by atoms with E-state index in [0.29, 0.717) is 48.7 Å². The number of carbonyl (C=O) groups is 2. The predicted octanol–water partition coefficient (Wildman–Crippen LogP) is 2.88. The fourth-order valence-corrected chi connectivity index (χ4v) is 6.45. The zero-order valence-electron chi connectivity index (χ0n) is 23.8. The van der Waals surface area contributed by atoms with Crippen LogP contribution in [0.25, 0.3) is 0 Å². The van der Waals surface area contributed by atoms with Gasteiger partial charge < -0.3 is 15.2 Å². The van der Waals surface area contributed by atoms with E-state index in [1.165, 1.54) is 7.11 Å². The summed E-state index contributed by atoms with van der Waals surface area (Å²) in [5.74, 6) is 0.345. The smallest absolute Gasteiger partial charge is 0.309 e. The van der Waals surface area contributed by atoms with E-state index in [9.17, 15) is 19.7 Å². The van der Waals surface area contributed by atoms with Gasteiger partial charge in [-0.05, 0) is 31.4 Å². The summed E-state index contributed by atoms with van der Waals surface area (Å²) in [4.78, 5) is 53.1. The van der Waals surface area contributed by atoms with Gasteiger partial charge in [0, 0.05) is 52.2 Å². The van der Waals surface area contributed by atoms with Crippen molar-refractivity contribution in [2.45, 2.75) is 49.6 Å². The van der Waals surface area contributed by atoms with Gasteiger partial charge in [0.2, 0.25) is 17.5 Å². The largest absolute Gasteiger partial charge is 0.481 e. The molecule has 2 aromatic heterocycles. The number of nitro groups is 2. The van der Waals surface area contributed by atoms with Crippen molar-refractivity contribution in [3.05, 3.63) is 91.3 Å². The van der Waals surface area contributed by atoms with Crippen molar-refractivity contribution in [3.63, 3.8) is 0 Å². The number of hydrogen-bond donors (Lipinski definition) is 1. The molecule has 2 saturated carbocycles. The highest BCUT2D eigenvalue weighted by Gasteiger charge is 2.61. The van der Waals surface area contributed by atoms with E-state index >= 15 is 0 Å². The molecule has 4 unspecified atom stereocenters. The normalized spacial score (nSPS) is 26.8. The number of carbonyl (C=O) groups excluding carboxylic acids is 2. The molecular formula is C29H33N5O8. The van der Waals surface area contributed by atoms with Gasteiger partial charge in [-0.1, -0.05) is 24.3 Å². The van der Waals surface area contributed by atoms with Crippen LogP contribution in [0.2, 0.25) is 0 Å². The zero-order valence-corrected chi connectivity index (χ0v) is 23.8. The fraction of sp³-hybridized carbons (Fsp3) is 0.448. The second-order valence-corrected chi connectivity index (χ2v) is 11.0. The van der Waals surface area contributed by atoms with Crippen LogP contribution in [0.1, 0.15) is 48.2 Å². The maximum atomic E-state index is 12.5. The number of Topliss-reactive ketones (excluding diaryl/α,β-unsaturated/α-hetero) is 2. The molecule has 4 aliphatic rings. The minimum absolute atomic E-state index is 0.0658. The molecule has 0 amide bonds. The third kappa shape index (κ3) is 5.27. The topological polar surface area (TPSA) is 191 Å². The minimum Gasteiger partial charge on any atom is -0.481 e. The minimum atomic E-state index is -1.70. The number of nitrogens with zero attached hydrogens (tertiary/aromatic N) is 4. The Labute approximate surface area is 242 Å². The van der Waals surface area contributed by atoms with Crippen LogP contribution in [0.5, 0.6) is 11.8 Å². The van der Waals surface area contributed by atoms with Gasteiger partial charge >= 0.3 is 5.54 Å². The van der Waals surface area contributed by atoms with Gasteiger partial charge in [0.25, 0.3) is 0 Å². The van der Waals surface area contributed by atoms with Crippen molar-refractivity contribution < 1.29 is 28.9 Å². The Bertz CT molecular complexity index is 1500. The molecule has 0 saturated heterocycles. The molecule has 4 atom stereocenters. The Morgan fingerprint density at radius 3 is 1.79 bits per heavy atom. The van der Waals surface area contributed by atoms with E-state index in [4.69, 9.17) is 25.3 Å². The second-order valence-electron chi connectivity index (χ2n) is 11.0. The van der Waals surface area contributed by atoms with E-state index in [1.54, 1.807) is 25.3 Å². The van der Waals surface area contributed by atoms with Crippen LogP contribution in [-0.4, -0.2) is 52.6 Å². The second kappa shape index (κ2) is 11.4. The Kier molecular flexibility index (Phi) is 8.26. The van der Waals surface area contributed by atoms with Gasteiger partial charge in [-0.3, -0.25) is 29.8 Å². The lowest BCUT2D eigenvalue weighted by atomic mass is 9.63. The Balaban J connectivity index is 0.000000172. The number of methoxy groups -OCH3 is 2. The quantitative estimate of drug-likeness (QED) is 0.319. The van der Waals surface area contributed by atoms with Crippen LogP contribution in [0.3, 0.4) is 0 Å². The highest BCUT2D eigenvalue weighted by molar-refractivity contribution is 5.95. The van der Waals surface area contributed by atoms with Crippen molar-refractivity contribution in [1.29, 1.82) is 0 Å². The van der Waals surface area contributed by atoms with Crippen molar-refractivity contribution in [1.82, 2.24) is 9.97 Å². The molecule has 0 aliphatic heterocycles. The summed E-state index contributed by atoms with van der Waals surface area (Å²) >= 11 is 0. The molecule has 2 N–H and O–H groups in total. The van der Waals surface area contributed by atoms with Crippen LogP contribution in [0.4, 0.5) is 0 Å². The molecule has 0 aromatic carbocycles. The molecular weight excluding hydrogens is 546 g/mol. The van der Waals surface area contributed by atoms with Crippen molar-refractivity contribution in [2.24, 2.45) is 17.6 Å². The summed E-state index contributed by atoms with van der Waals surface area (Å²) in [6.45, 7) is 7.87. The number of pyridine rings is 2. The van der Waals surface area contributed by atoms with Crippen molar-refractivity contribution >= 4 is 11.6 Å². The number of ketones is 2. The lowest BCUT2D eigenvalue weighted by molar-refractivity contribution is -0.563. The average molecular weight is 580 g/mol. The standard InChI is InChI=1S/C14H14N2O4.C14H16N2O2.CH3NO2/c1-8-5-9-6-11-10(3-4-12(15-11)20-2)14(7-8,13(9)17)16(18)19;1-8-5-9-6-11-10(3-4-12(16-11)18-2)14(15,7-8)13(9)17;1-2(3)4/h3-4,9H,1,5-7H2,2H3;3-4,9H,1,5-7,15H2,2H3;1H3. The molecule has 4 aliphatic carbocycles. The molecule has 2 fully saturated rings. The number of rotatable bonds is 3. The zero-order chi connectivity index (χ0) is 31.0. The van der Waals surface area contributed by atoms with Crippen LogP contribution < -0.4 is 15.2 Å². The summed E-state index contributed by atoms with van der Waals surface area (Å²) in [5.41, 5.74) is 8.26. The highest BCUT2D eigenvalue weighted by atomic mass is 16.6. The summed E-state index contributed by atoms with van der Waals surface area (Å²) in [5, 5.41) is 20.5. The van der Waals surface area contributed by atoms with Gasteiger partial charge in [-0.15, -0.1) is 0 Å². The Morgan fingerprint density at radius 1 is 0.833 bits per heavy atom. The van der Waals surface area contributed by atoms with Gasteiger partial charge in [-0.25, -0.2) is 9.97 Å². The molecule has 4 bridgehead atoms. The molecule has 0 radical (unpaired) electrons. The monoisotopic (exact) mass is 579 g/mol. The number of nitrogens with two attached hydrogens (primary N) is 1. The SMILES string of the molecule is C=C1CC2Cc3nc(OC)ccc3C(N)(C1)C2=O.C=C1CC2Cc3nc(OC)ccc3C([N+](=O)[O-])(C1)C2=O.C[N+](=O)[O-]. The molecule has 0 spiro atoms. The summed E-state index contributed by atoms with van der Waals surface area (Å²) in [7, 11) is 3.97. The van der Waals surface area contributed by atoms with E-state index < -0.39 is 26.8 Å². The number of hydrogen-bond acceptors (Lipinski definition) is 11. The van der Waals surface area contributed by atoms with Crippen molar-refractivity contribution in [2.75, 3.05) is 21.3 Å². The fourth-order valence-electron chi connectivity index (χ4n) is 6.45.